The molecule has 0 bridgehead atoms. The SMILES string of the molecule is CCC[C@H](CC(=O)O)c1c(O)c2c(c(CC=C(C)C)c1OC)O[C@H](C)[C@H](C)C2=O. The van der Waals surface area contributed by atoms with Crippen LogP contribution < -0.4 is 9.47 Å². The van der Waals surface area contributed by atoms with Crippen LogP contribution in [-0.2, 0) is 11.2 Å². The summed E-state index contributed by atoms with van der Waals surface area (Å²) >= 11 is 0. The Bertz CT molecular complexity index is 819. The van der Waals surface area contributed by atoms with E-state index in [1.807, 2.05) is 33.8 Å². The molecule has 2 rings (SSSR count). The van der Waals surface area contributed by atoms with Crippen LogP contribution in [0.4, 0.5) is 0 Å². The quantitative estimate of drug-likeness (QED) is 0.601. The van der Waals surface area contributed by atoms with Gasteiger partial charge in [0.1, 0.15) is 28.9 Å². The maximum absolute atomic E-state index is 13.1. The van der Waals surface area contributed by atoms with Crippen molar-refractivity contribution in [2.24, 2.45) is 5.92 Å². The molecule has 0 saturated heterocycles. The van der Waals surface area contributed by atoms with E-state index in [9.17, 15) is 19.8 Å². The van der Waals surface area contributed by atoms with Crippen molar-refractivity contribution in [3.8, 4) is 17.2 Å². The summed E-state index contributed by atoms with van der Waals surface area (Å²) in [6.45, 7) is 9.51. The van der Waals surface area contributed by atoms with Gasteiger partial charge in [0.05, 0.1) is 19.4 Å². The number of ether oxygens (including phenoxy) is 2. The highest BCUT2D eigenvalue weighted by Gasteiger charge is 2.39. The first-order valence-electron chi connectivity index (χ1n) is 10.2. The lowest BCUT2D eigenvalue weighted by molar-refractivity contribution is -0.137. The zero-order valence-corrected chi connectivity index (χ0v) is 18.2. The van der Waals surface area contributed by atoms with Crippen LogP contribution in [0.1, 0.15) is 81.3 Å². The van der Waals surface area contributed by atoms with Crippen molar-refractivity contribution >= 4 is 11.8 Å². The minimum Gasteiger partial charge on any atom is -0.507 e. The van der Waals surface area contributed by atoms with Crippen LogP contribution in [0.15, 0.2) is 11.6 Å². The highest BCUT2D eigenvalue weighted by Crippen LogP contribution is 2.51. The third kappa shape index (κ3) is 4.57. The van der Waals surface area contributed by atoms with Crippen molar-refractivity contribution in [2.75, 3.05) is 7.11 Å². The molecule has 6 heteroatoms. The Morgan fingerprint density at radius 3 is 2.48 bits per heavy atom. The Hall–Kier alpha value is -2.50. The molecule has 1 heterocycles. The number of phenols is 1. The normalized spacial score (nSPS) is 19.2. The summed E-state index contributed by atoms with van der Waals surface area (Å²) in [5.41, 5.74) is 2.31. The van der Waals surface area contributed by atoms with E-state index in [1.165, 1.54) is 7.11 Å². The van der Waals surface area contributed by atoms with Gasteiger partial charge < -0.3 is 19.7 Å². The highest BCUT2D eigenvalue weighted by atomic mass is 16.5. The number of carbonyl (C=O) groups is 2. The molecule has 1 aromatic carbocycles. The van der Waals surface area contributed by atoms with Crippen LogP contribution in [0.25, 0.3) is 0 Å². The number of aromatic hydroxyl groups is 1. The molecule has 1 aliphatic rings. The Kier molecular flexibility index (Phi) is 7.33. The topological polar surface area (TPSA) is 93.1 Å². The number of Topliss-reactive ketones (excluding diaryl/α,β-unsaturated/α-hetero) is 1. The molecule has 160 valence electrons. The van der Waals surface area contributed by atoms with Gasteiger partial charge in [-0.2, -0.15) is 0 Å². The molecule has 1 aromatic rings. The van der Waals surface area contributed by atoms with E-state index in [-0.39, 0.29) is 29.6 Å². The summed E-state index contributed by atoms with van der Waals surface area (Å²) in [6, 6.07) is 0. The number of phenolic OH excluding ortho intramolecular Hbond substituents is 1. The molecule has 3 atom stereocenters. The molecule has 0 spiro atoms. The number of rotatable bonds is 8. The second kappa shape index (κ2) is 9.33. The third-order valence-electron chi connectivity index (χ3n) is 5.56. The number of benzene rings is 1. The summed E-state index contributed by atoms with van der Waals surface area (Å²) in [4.78, 5) is 24.6. The third-order valence-corrected chi connectivity index (χ3v) is 5.56. The van der Waals surface area contributed by atoms with Crippen LogP contribution in [0, 0.1) is 5.92 Å². The minimum absolute atomic E-state index is 0.148. The van der Waals surface area contributed by atoms with E-state index < -0.39 is 17.8 Å². The van der Waals surface area contributed by atoms with Crippen LogP contribution in [0.5, 0.6) is 17.2 Å². The number of carboxylic acid groups (broad SMARTS) is 1. The number of carbonyl (C=O) groups excluding carboxylic acids is 1. The van der Waals surface area contributed by atoms with E-state index in [2.05, 4.69) is 0 Å². The van der Waals surface area contributed by atoms with Gasteiger partial charge in [0.15, 0.2) is 5.78 Å². The van der Waals surface area contributed by atoms with Gasteiger partial charge in [0.2, 0.25) is 0 Å². The minimum atomic E-state index is -0.960. The lowest BCUT2D eigenvalue weighted by Crippen LogP contribution is -2.34. The summed E-state index contributed by atoms with van der Waals surface area (Å²) in [6.07, 6.45) is 3.26. The van der Waals surface area contributed by atoms with Gasteiger partial charge >= 0.3 is 5.97 Å². The molecule has 6 nitrogen and oxygen atoms in total. The van der Waals surface area contributed by atoms with Crippen molar-refractivity contribution < 1.29 is 29.3 Å². The number of fused-ring (bicyclic) bond motifs is 1. The zero-order chi connectivity index (χ0) is 21.9. The Morgan fingerprint density at radius 2 is 1.97 bits per heavy atom. The van der Waals surface area contributed by atoms with Gasteiger partial charge in [-0.25, -0.2) is 0 Å². The van der Waals surface area contributed by atoms with Gasteiger partial charge in [0.25, 0.3) is 0 Å². The van der Waals surface area contributed by atoms with E-state index in [0.29, 0.717) is 35.5 Å². The average molecular weight is 405 g/mol. The van der Waals surface area contributed by atoms with Crippen LogP contribution in [0.3, 0.4) is 0 Å². The number of hydrogen-bond donors (Lipinski definition) is 2. The van der Waals surface area contributed by atoms with Crippen LogP contribution in [0.2, 0.25) is 0 Å². The molecule has 0 fully saturated rings. The first-order chi connectivity index (χ1) is 13.6. The predicted molar refractivity (Wildman–Crippen MR) is 111 cm³/mol. The standard InChI is InChI=1S/C23H32O6/c1-7-8-15(11-17(24)25)18-21(27)19-20(26)13(4)14(5)29-23(19)16(22(18)28-6)10-9-12(2)3/h9,13-15,27H,7-8,10-11H2,1-6H3,(H,24,25)/t13-,14+,15+/m0/s1. The van der Waals surface area contributed by atoms with Gasteiger partial charge in [-0.15, -0.1) is 0 Å². The smallest absolute Gasteiger partial charge is 0.303 e. The van der Waals surface area contributed by atoms with E-state index >= 15 is 0 Å². The van der Waals surface area contributed by atoms with Crippen molar-refractivity contribution in [3.63, 3.8) is 0 Å². The van der Waals surface area contributed by atoms with Gasteiger partial charge in [-0.1, -0.05) is 31.9 Å². The maximum atomic E-state index is 13.1. The number of carboxylic acids is 1. The number of allylic oxidation sites excluding steroid dienone is 2. The first-order valence-corrected chi connectivity index (χ1v) is 10.2. The number of methoxy groups -OCH3 is 1. The summed E-state index contributed by atoms with van der Waals surface area (Å²) in [7, 11) is 1.50. The van der Waals surface area contributed by atoms with Crippen molar-refractivity contribution in [3.05, 3.63) is 28.3 Å². The first kappa shape index (κ1) is 22.8. The Labute approximate surface area is 172 Å². The largest absolute Gasteiger partial charge is 0.507 e. The molecule has 2 N–H and O–H groups in total. The monoisotopic (exact) mass is 404 g/mol. The molecule has 0 unspecified atom stereocenters. The number of hydrogen-bond acceptors (Lipinski definition) is 5. The fraction of sp³-hybridized carbons (Fsp3) is 0.565. The van der Waals surface area contributed by atoms with E-state index in [4.69, 9.17) is 9.47 Å². The zero-order valence-electron chi connectivity index (χ0n) is 18.2. The molecular weight excluding hydrogens is 372 g/mol. The molecule has 29 heavy (non-hydrogen) atoms. The fourth-order valence-electron chi connectivity index (χ4n) is 3.86. The molecule has 1 aliphatic heterocycles. The van der Waals surface area contributed by atoms with Crippen molar-refractivity contribution in [1.82, 2.24) is 0 Å². The van der Waals surface area contributed by atoms with Crippen molar-refractivity contribution in [2.45, 2.75) is 72.3 Å². The van der Waals surface area contributed by atoms with Crippen LogP contribution in [-0.4, -0.2) is 35.2 Å². The predicted octanol–water partition coefficient (Wildman–Crippen LogP) is 4.87. The molecule has 0 saturated carbocycles. The molecule has 0 radical (unpaired) electrons. The number of aliphatic carboxylic acids is 1. The summed E-state index contributed by atoms with van der Waals surface area (Å²) in [5, 5.41) is 20.6. The van der Waals surface area contributed by atoms with Gasteiger partial charge in [-0.3, -0.25) is 9.59 Å². The van der Waals surface area contributed by atoms with Crippen molar-refractivity contribution in [1.29, 1.82) is 0 Å². The van der Waals surface area contributed by atoms with E-state index in [1.54, 1.807) is 6.92 Å². The summed E-state index contributed by atoms with van der Waals surface area (Å²) in [5.74, 6) is -1.47. The Balaban J connectivity index is 2.86. The molecule has 0 aromatic heterocycles. The van der Waals surface area contributed by atoms with E-state index in [0.717, 1.165) is 12.0 Å². The second-order valence-electron chi connectivity index (χ2n) is 8.02. The van der Waals surface area contributed by atoms with Gasteiger partial charge in [0, 0.05) is 17.0 Å². The maximum Gasteiger partial charge on any atom is 0.303 e. The lowest BCUT2D eigenvalue weighted by atomic mass is 9.81. The second-order valence-corrected chi connectivity index (χ2v) is 8.02. The molecule has 0 amide bonds. The van der Waals surface area contributed by atoms with Crippen LogP contribution >= 0.6 is 0 Å². The summed E-state index contributed by atoms with van der Waals surface area (Å²) < 4.78 is 11.8. The number of ketones is 1. The fourth-order valence-corrected chi connectivity index (χ4v) is 3.86. The molecular formula is C23H32O6. The Morgan fingerprint density at radius 1 is 1.31 bits per heavy atom. The molecule has 0 aliphatic carbocycles. The van der Waals surface area contributed by atoms with Gasteiger partial charge in [-0.05, 0) is 33.6 Å². The average Bonchev–Trinajstić information content (AvgIpc) is 2.63. The lowest BCUT2D eigenvalue weighted by Gasteiger charge is -2.33. The highest BCUT2D eigenvalue weighted by molar-refractivity contribution is 6.05.